The molecule has 1 unspecified atom stereocenters. The molecule has 2 aliphatic rings. The van der Waals surface area contributed by atoms with Crippen molar-refractivity contribution in [2.45, 2.75) is 20.3 Å². The van der Waals surface area contributed by atoms with Gasteiger partial charge in [-0.3, -0.25) is 4.90 Å². The van der Waals surface area contributed by atoms with Crippen LogP contribution in [-0.4, -0.2) is 60.8 Å². The van der Waals surface area contributed by atoms with Crippen molar-refractivity contribution in [3.63, 3.8) is 0 Å². The summed E-state index contributed by atoms with van der Waals surface area (Å²) in [6, 6.07) is 0. The second-order valence-corrected chi connectivity index (χ2v) is 5.92. The number of aryl methyl sites for hydroxylation is 1. The summed E-state index contributed by atoms with van der Waals surface area (Å²) in [6.45, 7) is 11.6. The highest BCUT2D eigenvalue weighted by molar-refractivity contribution is 5.47. The molecule has 5 heteroatoms. The molecule has 0 bridgehead atoms. The Morgan fingerprint density at radius 1 is 1.20 bits per heavy atom. The van der Waals surface area contributed by atoms with Gasteiger partial charge < -0.3 is 9.64 Å². The highest BCUT2D eigenvalue weighted by Gasteiger charge is 2.24. The van der Waals surface area contributed by atoms with E-state index in [0.717, 1.165) is 56.8 Å². The summed E-state index contributed by atoms with van der Waals surface area (Å²) in [5.41, 5.74) is 2.30. The molecule has 2 aliphatic heterocycles. The number of aromatic nitrogens is 2. The fraction of sp³-hybridized carbons (Fsp3) is 0.733. The summed E-state index contributed by atoms with van der Waals surface area (Å²) in [5, 5.41) is 0. The van der Waals surface area contributed by atoms with Crippen molar-refractivity contribution < 1.29 is 4.74 Å². The summed E-state index contributed by atoms with van der Waals surface area (Å²) in [5.74, 6) is 1.85. The van der Waals surface area contributed by atoms with Crippen LogP contribution in [0, 0.1) is 19.8 Å². The van der Waals surface area contributed by atoms with E-state index in [0.29, 0.717) is 0 Å². The van der Waals surface area contributed by atoms with E-state index in [1.54, 1.807) is 6.33 Å². The zero-order chi connectivity index (χ0) is 13.9. The smallest absolute Gasteiger partial charge is 0.135 e. The van der Waals surface area contributed by atoms with Gasteiger partial charge in [-0.15, -0.1) is 0 Å². The lowest BCUT2D eigenvalue weighted by Crippen LogP contribution is -2.48. The number of piperazine rings is 1. The second kappa shape index (κ2) is 6.06. The topological polar surface area (TPSA) is 41.5 Å². The third-order valence-corrected chi connectivity index (χ3v) is 4.52. The van der Waals surface area contributed by atoms with E-state index in [-0.39, 0.29) is 0 Å². The van der Waals surface area contributed by atoms with E-state index in [1.165, 1.54) is 18.5 Å². The summed E-state index contributed by atoms with van der Waals surface area (Å²) < 4.78 is 5.46. The van der Waals surface area contributed by atoms with E-state index in [9.17, 15) is 0 Å². The Kier molecular flexibility index (Phi) is 4.17. The van der Waals surface area contributed by atoms with E-state index < -0.39 is 0 Å². The highest BCUT2D eigenvalue weighted by Crippen LogP contribution is 2.21. The lowest BCUT2D eigenvalue weighted by Gasteiger charge is -2.37. The highest BCUT2D eigenvalue weighted by atomic mass is 16.5. The molecule has 20 heavy (non-hydrogen) atoms. The zero-order valence-electron chi connectivity index (χ0n) is 12.5. The first-order valence-electron chi connectivity index (χ1n) is 7.57. The van der Waals surface area contributed by atoms with Crippen molar-refractivity contribution in [3.05, 3.63) is 17.6 Å². The normalized spacial score (nSPS) is 24.3. The van der Waals surface area contributed by atoms with Crippen LogP contribution in [0.15, 0.2) is 6.33 Å². The van der Waals surface area contributed by atoms with Gasteiger partial charge in [0.15, 0.2) is 0 Å². The van der Waals surface area contributed by atoms with E-state index in [2.05, 4.69) is 33.6 Å². The van der Waals surface area contributed by atoms with Crippen molar-refractivity contribution in [2.24, 2.45) is 5.92 Å². The van der Waals surface area contributed by atoms with Gasteiger partial charge in [-0.05, 0) is 26.2 Å². The lowest BCUT2D eigenvalue weighted by atomic mass is 10.1. The Morgan fingerprint density at radius 2 is 2.00 bits per heavy atom. The zero-order valence-corrected chi connectivity index (χ0v) is 12.5. The third-order valence-electron chi connectivity index (χ3n) is 4.52. The molecule has 3 rings (SSSR count). The van der Waals surface area contributed by atoms with Crippen LogP contribution in [0.3, 0.4) is 0 Å². The summed E-state index contributed by atoms with van der Waals surface area (Å²) in [4.78, 5) is 13.7. The quantitative estimate of drug-likeness (QED) is 0.831. The van der Waals surface area contributed by atoms with Gasteiger partial charge in [-0.25, -0.2) is 9.97 Å². The first kappa shape index (κ1) is 13.8. The van der Waals surface area contributed by atoms with Gasteiger partial charge in [0.2, 0.25) is 0 Å². The summed E-state index contributed by atoms with van der Waals surface area (Å²) in [7, 11) is 0. The maximum Gasteiger partial charge on any atom is 0.135 e. The summed E-state index contributed by atoms with van der Waals surface area (Å²) in [6.07, 6.45) is 2.91. The Balaban J connectivity index is 1.56. The first-order chi connectivity index (χ1) is 9.74. The van der Waals surface area contributed by atoms with Gasteiger partial charge in [-0.2, -0.15) is 0 Å². The van der Waals surface area contributed by atoms with Crippen LogP contribution in [0.4, 0.5) is 5.82 Å². The Hall–Kier alpha value is -1.20. The monoisotopic (exact) mass is 276 g/mol. The molecule has 1 aromatic heterocycles. The molecule has 0 saturated carbocycles. The lowest BCUT2D eigenvalue weighted by molar-refractivity contribution is 0.164. The number of nitrogens with zero attached hydrogens (tertiary/aromatic N) is 4. The van der Waals surface area contributed by atoms with Crippen molar-refractivity contribution >= 4 is 5.82 Å². The molecule has 0 aliphatic carbocycles. The van der Waals surface area contributed by atoms with Crippen LogP contribution in [0.5, 0.6) is 0 Å². The molecule has 0 spiro atoms. The summed E-state index contributed by atoms with van der Waals surface area (Å²) >= 11 is 0. The third kappa shape index (κ3) is 2.94. The minimum atomic E-state index is 0.740. The molecule has 2 fully saturated rings. The van der Waals surface area contributed by atoms with Crippen molar-refractivity contribution in [3.8, 4) is 0 Å². The fourth-order valence-corrected chi connectivity index (χ4v) is 3.08. The maximum absolute atomic E-state index is 5.46. The van der Waals surface area contributed by atoms with Crippen LogP contribution >= 0.6 is 0 Å². The van der Waals surface area contributed by atoms with E-state index in [4.69, 9.17) is 4.74 Å². The van der Waals surface area contributed by atoms with Crippen LogP contribution in [0.2, 0.25) is 0 Å². The van der Waals surface area contributed by atoms with Gasteiger partial charge in [-0.1, -0.05) is 0 Å². The van der Waals surface area contributed by atoms with E-state index >= 15 is 0 Å². The minimum absolute atomic E-state index is 0.740. The van der Waals surface area contributed by atoms with Gasteiger partial charge in [0.05, 0.1) is 6.61 Å². The molecule has 2 saturated heterocycles. The molecule has 0 amide bonds. The van der Waals surface area contributed by atoms with Crippen LogP contribution in [-0.2, 0) is 4.74 Å². The van der Waals surface area contributed by atoms with Crippen LogP contribution in [0.1, 0.15) is 17.7 Å². The van der Waals surface area contributed by atoms with Gasteiger partial charge >= 0.3 is 0 Å². The molecule has 0 N–H and O–H groups in total. The molecular weight excluding hydrogens is 252 g/mol. The second-order valence-electron chi connectivity index (χ2n) is 5.92. The number of ether oxygens (including phenoxy) is 1. The molecular formula is C15H24N4O. The van der Waals surface area contributed by atoms with Crippen molar-refractivity contribution in [2.75, 3.05) is 50.8 Å². The van der Waals surface area contributed by atoms with Crippen LogP contribution in [0.25, 0.3) is 0 Å². The number of rotatable bonds is 3. The molecule has 1 atom stereocenters. The van der Waals surface area contributed by atoms with Crippen LogP contribution < -0.4 is 4.90 Å². The maximum atomic E-state index is 5.46. The van der Waals surface area contributed by atoms with Crippen molar-refractivity contribution in [1.29, 1.82) is 0 Å². The molecule has 5 nitrogen and oxygen atoms in total. The largest absolute Gasteiger partial charge is 0.381 e. The molecule has 1 aromatic rings. The molecule has 0 radical (unpaired) electrons. The Morgan fingerprint density at radius 3 is 2.70 bits per heavy atom. The molecule has 110 valence electrons. The number of hydrogen-bond donors (Lipinski definition) is 0. The molecule has 0 aromatic carbocycles. The van der Waals surface area contributed by atoms with E-state index in [1.807, 2.05) is 0 Å². The van der Waals surface area contributed by atoms with Crippen molar-refractivity contribution in [1.82, 2.24) is 14.9 Å². The minimum Gasteiger partial charge on any atom is -0.381 e. The average molecular weight is 276 g/mol. The predicted molar refractivity (Wildman–Crippen MR) is 79.1 cm³/mol. The number of hydrogen-bond acceptors (Lipinski definition) is 5. The van der Waals surface area contributed by atoms with Gasteiger partial charge in [0.25, 0.3) is 0 Å². The number of anilines is 1. The van der Waals surface area contributed by atoms with Gasteiger partial charge in [0, 0.05) is 50.6 Å². The average Bonchev–Trinajstić information content (AvgIpc) is 2.96. The standard InChI is InChI=1S/C15H24N4O/c1-12-13(2)16-11-17-15(12)19-6-4-18(5-7-19)9-14-3-8-20-10-14/h11,14H,3-10H2,1-2H3. The fourth-order valence-electron chi connectivity index (χ4n) is 3.08. The molecule has 3 heterocycles. The Labute approximate surface area is 121 Å². The first-order valence-corrected chi connectivity index (χ1v) is 7.57. The Bertz CT molecular complexity index is 451. The SMILES string of the molecule is Cc1ncnc(N2CCN(CC3CCOC3)CC2)c1C. The predicted octanol–water partition coefficient (Wildman–Crippen LogP) is 1.25. The van der Waals surface area contributed by atoms with Gasteiger partial charge in [0.1, 0.15) is 12.1 Å².